The highest BCUT2D eigenvalue weighted by atomic mass is 16.5. The summed E-state index contributed by atoms with van der Waals surface area (Å²) in [5.74, 6) is 0.591. The average molecular weight is 425 g/mol. The Kier molecular flexibility index (Phi) is 5.94. The second-order valence-corrected chi connectivity index (χ2v) is 7.76. The molecule has 4 heterocycles. The zero-order chi connectivity index (χ0) is 22.0. The Labute approximate surface area is 180 Å². The molecule has 0 aromatic carbocycles. The molecule has 4 rings (SSSR count). The first kappa shape index (κ1) is 20.9. The van der Waals surface area contributed by atoms with E-state index in [-0.39, 0.29) is 23.6 Å². The van der Waals surface area contributed by atoms with Crippen molar-refractivity contribution in [3.05, 3.63) is 64.6 Å². The van der Waals surface area contributed by atoms with E-state index in [0.717, 1.165) is 17.0 Å². The van der Waals surface area contributed by atoms with Crippen LogP contribution in [0.3, 0.4) is 0 Å². The molecule has 0 aliphatic carbocycles. The number of aromatic amines is 1. The molecule has 0 bridgehead atoms. The Morgan fingerprint density at radius 2 is 2.19 bits per heavy atom. The number of carbonyl (C=O) groups is 2. The van der Waals surface area contributed by atoms with Gasteiger partial charge in [0.15, 0.2) is 5.76 Å². The third-order valence-electron chi connectivity index (χ3n) is 5.71. The van der Waals surface area contributed by atoms with E-state index in [0.29, 0.717) is 44.1 Å². The Morgan fingerprint density at radius 3 is 2.94 bits per heavy atom. The molecule has 0 spiro atoms. The highest BCUT2D eigenvalue weighted by Gasteiger charge is 2.32. The molecule has 1 aliphatic heterocycles. The van der Waals surface area contributed by atoms with Gasteiger partial charge >= 0.3 is 0 Å². The number of rotatable bonds is 8. The van der Waals surface area contributed by atoms with Gasteiger partial charge in [-0.2, -0.15) is 5.10 Å². The van der Waals surface area contributed by atoms with E-state index in [4.69, 9.17) is 9.15 Å². The van der Waals surface area contributed by atoms with Gasteiger partial charge in [-0.1, -0.05) is 0 Å². The van der Waals surface area contributed by atoms with E-state index in [1.54, 1.807) is 18.1 Å². The van der Waals surface area contributed by atoms with Gasteiger partial charge in [-0.25, -0.2) is 0 Å². The molecular formula is C22H27N5O4. The van der Waals surface area contributed by atoms with Crippen LogP contribution in [0, 0.1) is 13.8 Å². The lowest BCUT2D eigenvalue weighted by atomic mass is 10.1. The molecule has 1 atom stereocenters. The van der Waals surface area contributed by atoms with Crippen LogP contribution in [0.2, 0.25) is 0 Å². The minimum Gasteiger partial charge on any atom is -0.456 e. The number of hydrogen-bond acceptors (Lipinski definition) is 5. The van der Waals surface area contributed by atoms with Crippen molar-refractivity contribution in [2.45, 2.75) is 32.9 Å². The van der Waals surface area contributed by atoms with Gasteiger partial charge < -0.3 is 23.9 Å². The number of furan rings is 1. The van der Waals surface area contributed by atoms with Crippen LogP contribution in [0.1, 0.15) is 43.8 Å². The number of carbonyl (C=O) groups excluding carboxylic acids is 2. The van der Waals surface area contributed by atoms with Crippen molar-refractivity contribution in [3.63, 3.8) is 0 Å². The van der Waals surface area contributed by atoms with Gasteiger partial charge in [0.25, 0.3) is 11.8 Å². The Bertz CT molecular complexity index is 1060. The number of methoxy groups -OCH3 is 1. The van der Waals surface area contributed by atoms with Gasteiger partial charge in [0.2, 0.25) is 0 Å². The molecule has 3 aromatic heterocycles. The molecule has 2 amide bonds. The molecule has 0 radical (unpaired) electrons. The summed E-state index contributed by atoms with van der Waals surface area (Å²) in [5, 5.41) is 10.1. The van der Waals surface area contributed by atoms with E-state index in [1.807, 2.05) is 42.8 Å². The molecule has 31 heavy (non-hydrogen) atoms. The Morgan fingerprint density at radius 1 is 1.35 bits per heavy atom. The summed E-state index contributed by atoms with van der Waals surface area (Å²) in [6, 6.07) is 6.98. The number of fused-ring (bicyclic) bond motifs is 1. The van der Waals surface area contributed by atoms with Crippen LogP contribution in [0.4, 0.5) is 0 Å². The highest BCUT2D eigenvalue weighted by molar-refractivity contribution is 5.94. The minimum atomic E-state index is -0.302. The van der Waals surface area contributed by atoms with Crippen molar-refractivity contribution in [2.24, 2.45) is 0 Å². The zero-order valence-electron chi connectivity index (χ0n) is 18.0. The molecule has 164 valence electrons. The zero-order valence-corrected chi connectivity index (χ0v) is 18.0. The van der Waals surface area contributed by atoms with E-state index >= 15 is 0 Å². The molecule has 1 aliphatic rings. The van der Waals surface area contributed by atoms with Gasteiger partial charge in [0.05, 0.1) is 18.3 Å². The van der Waals surface area contributed by atoms with E-state index < -0.39 is 0 Å². The van der Waals surface area contributed by atoms with E-state index in [2.05, 4.69) is 15.5 Å². The van der Waals surface area contributed by atoms with Crippen LogP contribution < -0.4 is 5.32 Å². The summed E-state index contributed by atoms with van der Waals surface area (Å²) in [6.45, 7) is 5.73. The monoisotopic (exact) mass is 425 g/mol. The maximum absolute atomic E-state index is 12.8. The highest BCUT2D eigenvalue weighted by Crippen LogP contribution is 2.19. The Hall–Kier alpha value is -3.33. The second-order valence-electron chi connectivity index (χ2n) is 7.76. The van der Waals surface area contributed by atoms with Gasteiger partial charge in [0.1, 0.15) is 11.5 Å². The van der Waals surface area contributed by atoms with Crippen molar-refractivity contribution in [2.75, 3.05) is 26.8 Å². The largest absolute Gasteiger partial charge is 0.456 e. The van der Waals surface area contributed by atoms with Gasteiger partial charge in [-0.3, -0.25) is 14.7 Å². The molecule has 3 aromatic rings. The number of ether oxygens (including phenoxy) is 1. The number of amides is 2. The van der Waals surface area contributed by atoms with Crippen molar-refractivity contribution in [3.8, 4) is 0 Å². The van der Waals surface area contributed by atoms with Gasteiger partial charge in [-0.05, 0) is 38.1 Å². The fraction of sp³-hybridized carbons (Fsp3) is 0.409. The summed E-state index contributed by atoms with van der Waals surface area (Å²) in [6.07, 6.45) is 2.45. The number of nitrogens with zero attached hydrogens (tertiary/aromatic N) is 3. The van der Waals surface area contributed by atoms with Crippen LogP contribution in [-0.4, -0.2) is 64.3 Å². The maximum atomic E-state index is 12.8. The third-order valence-corrected chi connectivity index (χ3v) is 5.71. The Balaban J connectivity index is 1.41. The van der Waals surface area contributed by atoms with Gasteiger partial charge in [0, 0.05) is 50.6 Å². The first-order valence-electron chi connectivity index (χ1n) is 10.3. The first-order chi connectivity index (χ1) is 15.0. The molecule has 1 unspecified atom stereocenters. The molecule has 0 saturated carbocycles. The average Bonchev–Trinajstić information content (AvgIpc) is 3.49. The van der Waals surface area contributed by atoms with Crippen molar-refractivity contribution < 1.29 is 18.7 Å². The summed E-state index contributed by atoms with van der Waals surface area (Å²) in [4.78, 5) is 27.3. The fourth-order valence-corrected chi connectivity index (χ4v) is 3.96. The lowest BCUT2D eigenvalue weighted by Crippen LogP contribution is -2.53. The molecular weight excluding hydrogens is 398 g/mol. The van der Waals surface area contributed by atoms with Gasteiger partial charge in [-0.15, -0.1) is 0 Å². The number of hydrogen-bond donors (Lipinski definition) is 2. The number of aromatic nitrogens is 3. The van der Waals surface area contributed by atoms with Crippen LogP contribution in [0.5, 0.6) is 0 Å². The first-order valence-corrected chi connectivity index (χ1v) is 10.3. The van der Waals surface area contributed by atoms with E-state index in [1.165, 1.54) is 0 Å². The smallest absolute Gasteiger partial charge is 0.287 e. The third kappa shape index (κ3) is 4.27. The predicted molar refractivity (Wildman–Crippen MR) is 113 cm³/mol. The molecule has 9 nitrogen and oxygen atoms in total. The van der Waals surface area contributed by atoms with E-state index in [9.17, 15) is 9.59 Å². The van der Waals surface area contributed by atoms with Crippen molar-refractivity contribution >= 4 is 11.8 Å². The lowest BCUT2D eigenvalue weighted by Gasteiger charge is -2.36. The summed E-state index contributed by atoms with van der Waals surface area (Å²) in [7, 11) is 1.61. The summed E-state index contributed by atoms with van der Waals surface area (Å²) >= 11 is 0. The topological polar surface area (TPSA) is 105 Å². The van der Waals surface area contributed by atoms with Crippen molar-refractivity contribution in [1.82, 2.24) is 25.0 Å². The molecule has 2 N–H and O–H groups in total. The predicted octanol–water partition coefficient (Wildman–Crippen LogP) is 1.91. The quantitative estimate of drug-likeness (QED) is 0.574. The molecule has 0 saturated heterocycles. The number of H-pyrrole nitrogens is 1. The van der Waals surface area contributed by atoms with Crippen LogP contribution in [-0.2, 0) is 17.7 Å². The number of nitrogens with one attached hydrogen (secondary N) is 2. The number of aryl methyl sites for hydroxylation is 2. The van der Waals surface area contributed by atoms with Crippen molar-refractivity contribution in [1.29, 1.82) is 0 Å². The summed E-state index contributed by atoms with van der Waals surface area (Å²) in [5.41, 5.74) is 3.63. The standard InChI is InChI=1S/C22H27N5O4/c1-14-18(15(2)25-24-14)11-17-6-7-20(31-17)21(28)23-12-16-13-26-8-4-5-19(26)22(29)27(16)9-10-30-3/h4-8,16H,9-13H2,1-3H3,(H,23,28)(H,24,25). The molecule has 0 fully saturated rings. The normalized spacial score (nSPS) is 15.9. The summed E-state index contributed by atoms with van der Waals surface area (Å²) < 4.78 is 12.8. The SMILES string of the molecule is COCCN1C(=O)c2cccn2CC1CNC(=O)c1ccc(Cc2c(C)n[nH]c2C)o1. The fourth-order valence-electron chi connectivity index (χ4n) is 3.96. The molecule has 9 heteroatoms. The maximum Gasteiger partial charge on any atom is 0.287 e. The van der Waals surface area contributed by atoms with Crippen LogP contribution in [0.25, 0.3) is 0 Å². The minimum absolute atomic E-state index is 0.0568. The lowest BCUT2D eigenvalue weighted by molar-refractivity contribution is 0.0503. The van der Waals surface area contributed by atoms with Crippen LogP contribution in [0.15, 0.2) is 34.9 Å². The van der Waals surface area contributed by atoms with Crippen LogP contribution >= 0.6 is 0 Å². The second kappa shape index (κ2) is 8.81.